The molecular weight excluding hydrogens is 262 g/mol. The van der Waals surface area contributed by atoms with Crippen molar-refractivity contribution in [2.45, 2.75) is 26.8 Å². The molecule has 3 nitrogen and oxygen atoms in total. The SMILES string of the molecule is CCOc1ccc(-c2ccc([C@H](C)NC(C)=O)cc2)cc1. The second-order valence-corrected chi connectivity index (χ2v) is 5.00. The van der Waals surface area contributed by atoms with E-state index in [2.05, 4.69) is 29.6 Å². The third-order valence-corrected chi connectivity index (χ3v) is 3.33. The van der Waals surface area contributed by atoms with Crippen molar-refractivity contribution in [2.24, 2.45) is 0 Å². The van der Waals surface area contributed by atoms with E-state index in [1.54, 1.807) is 0 Å². The normalized spacial score (nSPS) is 11.8. The van der Waals surface area contributed by atoms with Gasteiger partial charge < -0.3 is 10.1 Å². The van der Waals surface area contributed by atoms with Crippen molar-refractivity contribution in [2.75, 3.05) is 6.61 Å². The minimum atomic E-state index is -0.0157. The minimum absolute atomic E-state index is 0.0157. The van der Waals surface area contributed by atoms with Gasteiger partial charge in [-0.1, -0.05) is 36.4 Å². The number of ether oxygens (including phenoxy) is 1. The number of amides is 1. The number of rotatable bonds is 5. The van der Waals surface area contributed by atoms with Crippen molar-refractivity contribution in [1.82, 2.24) is 5.32 Å². The number of nitrogens with one attached hydrogen (secondary N) is 1. The Balaban J connectivity index is 2.12. The Morgan fingerprint density at radius 3 is 2.05 bits per heavy atom. The Hall–Kier alpha value is -2.29. The van der Waals surface area contributed by atoms with Crippen LogP contribution in [0.5, 0.6) is 5.75 Å². The van der Waals surface area contributed by atoms with Gasteiger partial charge in [0, 0.05) is 6.92 Å². The summed E-state index contributed by atoms with van der Waals surface area (Å²) in [6.07, 6.45) is 0. The molecule has 0 spiro atoms. The van der Waals surface area contributed by atoms with Gasteiger partial charge in [-0.25, -0.2) is 0 Å². The van der Waals surface area contributed by atoms with Crippen molar-refractivity contribution in [3.63, 3.8) is 0 Å². The lowest BCUT2D eigenvalue weighted by atomic mass is 10.0. The van der Waals surface area contributed by atoms with Gasteiger partial charge in [0.05, 0.1) is 12.6 Å². The largest absolute Gasteiger partial charge is 0.494 e. The molecule has 0 bridgehead atoms. The van der Waals surface area contributed by atoms with Crippen LogP contribution in [-0.4, -0.2) is 12.5 Å². The molecule has 0 heterocycles. The molecule has 110 valence electrons. The van der Waals surface area contributed by atoms with Crippen molar-refractivity contribution in [3.05, 3.63) is 54.1 Å². The van der Waals surface area contributed by atoms with Crippen LogP contribution >= 0.6 is 0 Å². The predicted octanol–water partition coefficient (Wildman–Crippen LogP) is 3.95. The van der Waals surface area contributed by atoms with Crippen LogP contribution in [-0.2, 0) is 4.79 Å². The monoisotopic (exact) mass is 283 g/mol. The average Bonchev–Trinajstić information content (AvgIpc) is 2.48. The highest BCUT2D eigenvalue weighted by atomic mass is 16.5. The van der Waals surface area contributed by atoms with Gasteiger partial charge in [0.2, 0.25) is 5.91 Å². The van der Waals surface area contributed by atoms with E-state index in [0.717, 1.165) is 22.4 Å². The van der Waals surface area contributed by atoms with Crippen molar-refractivity contribution in [1.29, 1.82) is 0 Å². The van der Waals surface area contributed by atoms with Crippen LogP contribution in [0.3, 0.4) is 0 Å². The molecule has 2 aromatic carbocycles. The molecule has 0 saturated carbocycles. The summed E-state index contributed by atoms with van der Waals surface area (Å²) >= 11 is 0. The molecular formula is C18H21NO2. The molecule has 0 aliphatic heterocycles. The summed E-state index contributed by atoms with van der Waals surface area (Å²) in [5, 5.41) is 2.88. The van der Waals surface area contributed by atoms with Gasteiger partial charge in [-0.15, -0.1) is 0 Å². The Morgan fingerprint density at radius 1 is 1.05 bits per heavy atom. The number of hydrogen-bond acceptors (Lipinski definition) is 2. The molecule has 2 rings (SSSR count). The second-order valence-electron chi connectivity index (χ2n) is 5.00. The zero-order chi connectivity index (χ0) is 15.2. The van der Waals surface area contributed by atoms with E-state index < -0.39 is 0 Å². The topological polar surface area (TPSA) is 38.3 Å². The molecule has 21 heavy (non-hydrogen) atoms. The smallest absolute Gasteiger partial charge is 0.217 e. The fourth-order valence-electron chi connectivity index (χ4n) is 2.26. The summed E-state index contributed by atoms with van der Waals surface area (Å²) < 4.78 is 5.44. The average molecular weight is 283 g/mol. The van der Waals surface area contributed by atoms with Crippen molar-refractivity contribution < 1.29 is 9.53 Å². The quantitative estimate of drug-likeness (QED) is 0.902. The Labute approximate surface area is 126 Å². The van der Waals surface area contributed by atoms with Crippen LogP contribution in [0.15, 0.2) is 48.5 Å². The molecule has 0 radical (unpaired) electrons. The summed E-state index contributed by atoms with van der Waals surface area (Å²) in [5.74, 6) is 0.871. The summed E-state index contributed by atoms with van der Waals surface area (Å²) in [6, 6.07) is 16.3. The van der Waals surface area contributed by atoms with E-state index in [4.69, 9.17) is 4.74 Å². The third kappa shape index (κ3) is 4.09. The first-order valence-electron chi connectivity index (χ1n) is 7.20. The first-order chi connectivity index (χ1) is 10.1. The number of hydrogen-bond donors (Lipinski definition) is 1. The van der Waals surface area contributed by atoms with E-state index in [1.807, 2.05) is 38.1 Å². The Kier molecular flexibility index (Phi) is 4.99. The fourth-order valence-corrected chi connectivity index (χ4v) is 2.26. The van der Waals surface area contributed by atoms with E-state index in [0.29, 0.717) is 6.61 Å². The zero-order valence-corrected chi connectivity index (χ0v) is 12.7. The van der Waals surface area contributed by atoms with Crippen LogP contribution in [0.4, 0.5) is 0 Å². The lowest BCUT2D eigenvalue weighted by molar-refractivity contribution is -0.119. The molecule has 1 N–H and O–H groups in total. The lowest BCUT2D eigenvalue weighted by Gasteiger charge is -2.13. The molecule has 2 aromatic rings. The van der Waals surface area contributed by atoms with Crippen molar-refractivity contribution in [3.8, 4) is 16.9 Å². The fraction of sp³-hybridized carbons (Fsp3) is 0.278. The number of carbonyl (C=O) groups is 1. The number of benzene rings is 2. The molecule has 0 aliphatic rings. The number of carbonyl (C=O) groups excluding carboxylic acids is 1. The molecule has 0 unspecified atom stereocenters. The van der Waals surface area contributed by atoms with E-state index >= 15 is 0 Å². The maximum absolute atomic E-state index is 11.1. The highest BCUT2D eigenvalue weighted by Crippen LogP contribution is 2.24. The summed E-state index contributed by atoms with van der Waals surface area (Å²) in [7, 11) is 0. The van der Waals surface area contributed by atoms with Gasteiger partial charge in [-0.2, -0.15) is 0 Å². The van der Waals surface area contributed by atoms with Crippen LogP contribution in [0.1, 0.15) is 32.4 Å². The van der Waals surface area contributed by atoms with Gasteiger partial charge in [0.1, 0.15) is 5.75 Å². The lowest BCUT2D eigenvalue weighted by Crippen LogP contribution is -2.23. The maximum Gasteiger partial charge on any atom is 0.217 e. The summed E-state index contributed by atoms with van der Waals surface area (Å²) in [4.78, 5) is 11.1. The van der Waals surface area contributed by atoms with Gasteiger partial charge in [0.25, 0.3) is 0 Å². The Morgan fingerprint density at radius 2 is 1.57 bits per heavy atom. The van der Waals surface area contributed by atoms with E-state index in [9.17, 15) is 4.79 Å². The second kappa shape index (κ2) is 6.93. The van der Waals surface area contributed by atoms with E-state index in [-0.39, 0.29) is 11.9 Å². The molecule has 1 atom stereocenters. The molecule has 0 aromatic heterocycles. The molecule has 0 aliphatic carbocycles. The van der Waals surface area contributed by atoms with Gasteiger partial charge in [0.15, 0.2) is 0 Å². The first kappa shape index (κ1) is 15.1. The van der Waals surface area contributed by atoms with Crippen LogP contribution in [0, 0.1) is 0 Å². The summed E-state index contributed by atoms with van der Waals surface area (Å²) in [5.41, 5.74) is 3.40. The maximum atomic E-state index is 11.1. The summed E-state index contributed by atoms with van der Waals surface area (Å²) in [6.45, 7) is 6.16. The highest BCUT2D eigenvalue weighted by Gasteiger charge is 2.06. The molecule has 0 fully saturated rings. The van der Waals surface area contributed by atoms with Gasteiger partial charge >= 0.3 is 0 Å². The van der Waals surface area contributed by atoms with Crippen LogP contribution in [0.25, 0.3) is 11.1 Å². The van der Waals surface area contributed by atoms with Gasteiger partial charge in [-0.05, 0) is 42.7 Å². The van der Waals surface area contributed by atoms with Crippen molar-refractivity contribution >= 4 is 5.91 Å². The highest BCUT2D eigenvalue weighted by molar-refractivity contribution is 5.73. The van der Waals surface area contributed by atoms with Crippen LogP contribution < -0.4 is 10.1 Å². The molecule has 3 heteroatoms. The standard InChI is InChI=1S/C18H21NO2/c1-4-21-18-11-9-17(10-12-18)16-7-5-15(6-8-16)13(2)19-14(3)20/h5-13H,4H2,1-3H3,(H,19,20)/t13-/m0/s1. The minimum Gasteiger partial charge on any atom is -0.494 e. The predicted molar refractivity (Wildman–Crippen MR) is 85.3 cm³/mol. The Bertz CT molecular complexity index is 588. The zero-order valence-electron chi connectivity index (χ0n) is 12.7. The van der Waals surface area contributed by atoms with E-state index in [1.165, 1.54) is 6.92 Å². The first-order valence-corrected chi connectivity index (χ1v) is 7.20. The van der Waals surface area contributed by atoms with Crippen LogP contribution in [0.2, 0.25) is 0 Å². The molecule has 0 saturated heterocycles. The molecule has 1 amide bonds. The third-order valence-electron chi connectivity index (χ3n) is 3.33. The van der Waals surface area contributed by atoms with Gasteiger partial charge in [-0.3, -0.25) is 4.79 Å².